The first-order valence-electron chi connectivity index (χ1n) is 10.9. The molecular formula is C25H33BrN4O4. The molecule has 0 bridgehead atoms. The molecule has 184 valence electrons. The van der Waals surface area contributed by atoms with Gasteiger partial charge in [-0.1, -0.05) is 11.6 Å². The highest BCUT2D eigenvalue weighted by molar-refractivity contribution is 9.10. The van der Waals surface area contributed by atoms with Crippen LogP contribution in [0.1, 0.15) is 59.6 Å². The maximum absolute atomic E-state index is 13.0. The van der Waals surface area contributed by atoms with Gasteiger partial charge in [0.1, 0.15) is 11.2 Å². The van der Waals surface area contributed by atoms with E-state index in [1.54, 1.807) is 60.1 Å². The van der Waals surface area contributed by atoms with Gasteiger partial charge in [-0.15, -0.1) is 0 Å². The van der Waals surface area contributed by atoms with E-state index in [4.69, 9.17) is 9.47 Å². The number of hydrogen-bond acceptors (Lipinski definition) is 7. The van der Waals surface area contributed by atoms with Gasteiger partial charge in [0.25, 0.3) is 0 Å². The van der Waals surface area contributed by atoms with Crippen LogP contribution < -0.4 is 10.2 Å². The van der Waals surface area contributed by atoms with Crippen molar-refractivity contribution in [3.05, 3.63) is 51.9 Å². The van der Waals surface area contributed by atoms with Gasteiger partial charge in [0.2, 0.25) is 0 Å². The summed E-state index contributed by atoms with van der Waals surface area (Å²) < 4.78 is 11.4. The van der Waals surface area contributed by atoms with Crippen LogP contribution in [0.4, 0.5) is 21.1 Å². The molecule has 2 amide bonds. The molecule has 0 aromatic carbocycles. The van der Waals surface area contributed by atoms with Crippen molar-refractivity contribution in [1.29, 1.82) is 0 Å². The number of rotatable bonds is 5. The minimum Gasteiger partial charge on any atom is -0.443 e. The van der Waals surface area contributed by atoms with E-state index < -0.39 is 23.4 Å². The van der Waals surface area contributed by atoms with Crippen molar-refractivity contribution < 1.29 is 19.1 Å². The SMILES string of the molecule is C/C(=C\c1c(C)cnc(N(C(=O)OC(C)(C)C)C(=O)OC(C)(C)C)c1Br)CNc1ccncc1. The second-order valence-corrected chi connectivity index (χ2v) is 10.7. The predicted molar refractivity (Wildman–Crippen MR) is 138 cm³/mol. The molecule has 0 unspecified atom stereocenters. The number of hydrogen-bond donors (Lipinski definition) is 1. The number of aromatic nitrogens is 2. The quantitative estimate of drug-likeness (QED) is 0.455. The van der Waals surface area contributed by atoms with Gasteiger partial charge in [-0.2, -0.15) is 4.90 Å². The summed E-state index contributed by atoms with van der Waals surface area (Å²) in [5.41, 5.74) is 2.01. The Hall–Kier alpha value is -2.94. The summed E-state index contributed by atoms with van der Waals surface area (Å²) in [7, 11) is 0. The van der Waals surface area contributed by atoms with Crippen LogP contribution in [0.2, 0.25) is 0 Å². The van der Waals surface area contributed by atoms with Gasteiger partial charge >= 0.3 is 12.2 Å². The lowest BCUT2D eigenvalue weighted by Crippen LogP contribution is -2.44. The van der Waals surface area contributed by atoms with Crippen LogP contribution in [-0.2, 0) is 9.47 Å². The number of halogens is 1. The summed E-state index contributed by atoms with van der Waals surface area (Å²) in [6.45, 7) is 14.8. The number of amides is 2. The number of pyridine rings is 2. The van der Waals surface area contributed by atoms with Crippen LogP contribution >= 0.6 is 15.9 Å². The third-order valence-electron chi connectivity index (χ3n) is 4.24. The number of carbonyl (C=O) groups excluding carboxylic acids is 2. The maximum atomic E-state index is 13.0. The maximum Gasteiger partial charge on any atom is 0.425 e. The number of nitrogens with zero attached hydrogens (tertiary/aromatic N) is 3. The molecule has 2 rings (SSSR count). The largest absolute Gasteiger partial charge is 0.443 e. The summed E-state index contributed by atoms with van der Waals surface area (Å²) in [6, 6.07) is 3.77. The van der Waals surface area contributed by atoms with E-state index in [-0.39, 0.29) is 5.82 Å². The lowest BCUT2D eigenvalue weighted by Gasteiger charge is -2.28. The molecule has 0 aliphatic carbocycles. The van der Waals surface area contributed by atoms with E-state index in [1.807, 2.05) is 32.1 Å². The van der Waals surface area contributed by atoms with Crippen molar-refractivity contribution in [3.8, 4) is 0 Å². The summed E-state index contributed by atoms with van der Waals surface area (Å²) in [4.78, 5) is 35.3. The Labute approximate surface area is 209 Å². The Kier molecular flexibility index (Phi) is 8.83. The summed E-state index contributed by atoms with van der Waals surface area (Å²) in [6.07, 6.45) is 5.28. The molecule has 2 aromatic rings. The van der Waals surface area contributed by atoms with Crippen LogP contribution in [0.3, 0.4) is 0 Å². The summed E-state index contributed by atoms with van der Waals surface area (Å²) in [5.74, 6) is 0.0928. The smallest absolute Gasteiger partial charge is 0.425 e. The first kappa shape index (κ1) is 27.3. The molecule has 2 aromatic heterocycles. The zero-order valence-electron chi connectivity index (χ0n) is 21.0. The number of nitrogens with one attached hydrogen (secondary N) is 1. The predicted octanol–water partition coefficient (Wildman–Crippen LogP) is 6.74. The van der Waals surface area contributed by atoms with Gasteiger partial charge in [-0.05, 0) is 94.6 Å². The van der Waals surface area contributed by atoms with Gasteiger partial charge in [-0.25, -0.2) is 14.6 Å². The van der Waals surface area contributed by atoms with Crippen molar-refractivity contribution in [3.63, 3.8) is 0 Å². The lowest BCUT2D eigenvalue weighted by atomic mass is 10.1. The fourth-order valence-corrected chi connectivity index (χ4v) is 3.49. The fourth-order valence-electron chi connectivity index (χ4n) is 2.78. The van der Waals surface area contributed by atoms with Crippen LogP contribution in [0, 0.1) is 6.92 Å². The van der Waals surface area contributed by atoms with Crippen molar-refractivity contribution in [2.24, 2.45) is 0 Å². The monoisotopic (exact) mass is 532 g/mol. The Morgan fingerprint density at radius 3 is 2.09 bits per heavy atom. The molecule has 2 heterocycles. The standard InChI is InChI=1S/C25H33BrN4O4/c1-16(14-28-18-9-11-27-12-10-18)13-19-17(2)15-29-21(20(19)26)30(22(31)33-24(3,4)5)23(32)34-25(6,7)8/h9-13,15H,14H2,1-8H3,(H,27,28)/b16-13+. The third kappa shape index (κ3) is 8.13. The van der Waals surface area contributed by atoms with Crippen molar-refractivity contribution in [1.82, 2.24) is 9.97 Å². The molecule has 0 spiro atoms. The molecule has 0 radical (unpaired) electrons. The van der Waals surface area contributed by atoms with E-state index in [9.17, 15) is 9.59 Å². The van der Waals surface area contributed by atoms with Gasteiger partial charge in [0.05, 0.1) is 4.47 Å². The molecular weight excluding hydrogens is 500 g/mol. The highest BCUT2D eigenvalue weighted by atomic mass is 79.9. The Bertz CT molecular complexity index is 1030. The molecule has 0 aliphatic rings. The van der Waals surface area contributed by atoms with Gasteiger partial charge in [0, 0.05) is 30.8 Å². The van der Waals surface area contributed by atoms with Gasteiger partial charge < -0.3 is 14.8 Å². The van der Waals surface area contributed by atoms with Crippen LogP contribution in [0.5, 0.6) is 0 Å². The second kappa shape index (κ2) is 11.0. The topological polar surface area (TPSA) is 93.7 Å². The molecule has 0 saturated heterocycles. The molecule has 0 fully saturated rings. The molecule has 34 heavy (non-hydrogen) atoms. The normalized spacial score (nSPS) is 12.2. The van der Waals surface area contributed by atoms with Crippen molar-refractivity contribution in [2.45, 2.75) is 66.6 Å². The summed E-state index contributed by atoms with van der Waals surface area (Å²) >= 11 is 3.56. The third-order valence-corrected chi connectivity index (χ3v) is 5.03. The molecule has 1 N–H and O–H groups in total. The fraction of sp³-hybridized carbons (Fsp3) is 0.440. The van der Waals surface area contributed by atoms with Gasteiger partial charge in [0.15, 0.2) is 5.82 Å². The van der Waals surface area contributed by atoms with Crippen molar-refractivity contribution in [2.75, 3.05) is 16.8 Å². The minimum atomic E-state index is -0.871. The molecule has 0 atom stereocenters. The lowest BCUT2D eigenvalue weighted by molar-refractivity contribution is 0.0428. The molecule has 9 heteroatoms. The highest BCUT2D eigenvalue weighted by Gasteiger charge is 2.35. The number of imide groups is 1. The number of carbonyl (C=O) groups is 2. The average molecular weight is 533 g/mol. The average Bonchev–Trinajstić information content (AvgIpc) is 2.69. The second-order valence-electron chi connectivity index (χ2n) is 9.87. The van der Waals surface area contributed by atoms with Crippen LogP contribution in [-0.4, -0.2) is 39.9 Å². The Morgan fingerprint density at radius 1 is 1.06 bits per heavy atom. The van der Waals surface area contributed by atoms with E-state index in [0.29, 0.717) is 11.0 Å². The number of ether oxygens (including phenoxy) is 2. The Balaban J connectivity index is 2.44. The summed E-state index contributed by atoms with van der Waals surface area (Å²) in [5, 5.41) is 3.33. The number of anilines is 2. The molecule has 8 nitrogen and oxygen atoms in total. The van der Waals surface area contributed by atoms with Crippen LogP contribution in [0.15, 0.2) is 40.8 Å². The minimum absolute atomic E-state index is 0.0928. The van der Waals surface area contributed by atoms with E-state index in [2.05, 4.69) is 31.2 Å². The zero-order valence-corrected chi connectivity index (χ0v) is 22.6. The van der Waals surface area contributed by atoms with E-state index in [1.165, 1.54) is 0 Å². The van der Waals surface area contributed by atoms with E-state index in [0.717, 1.165) is 27.3 Å². The first-order valence-corrected chi connectivity index (χ1v) is 11.7. The molecule has 0 aliphatic heterocycles. The van der Waals surface area contributed by atoms with Crippen LogP contribution in [0.25, 0.3) is 6.08 Å². The Morgan fingerprint density at radius 2 is 1.59 bits per heavy atom. The zero-order chi connectivity index (χ0) is 25.7. The first-order chi connectivity index (χ1) is 15.7. The van der Waals surface area contributed by atoms with Gasteiger partial charge in [-0.3, -0.25) is 4.98 Å². The number of aryl methyl sites for hydroxylation is 1. The molecule has 0 saturated carbocycles. The van der Waals surface area contributed by atoms with E-state index >= 15 is 0 Å². The van der Waals surface area contributed by atoms with Crippen molar-refractivity contribution >= 4 is 45.7 Å². The highest BCUT2D eigenvalue weighted by Crippen LogP contribution is 2.33.